The molecule has 0 amide bonds. The van der Waals surface area contributed by atoms with Crippen molar-refractivity contribution in [1.29, 1.82) is 0 Å². The Bertz CT molecular complexity index is 2970. The van der Waals surface area contributed by atoms with Crippen molar-refractivity contribution < 1.29 is 31.2 Å². The molecule has 0 N–H and O–H groups in total. The predicted octanol–water partition coefficient (Wildman–Crippen LogP) is -25.1. The minimum absolute atomic E-state index is 0. The van der Waals surface area contributed by atoms with Gasteiger partial charge in [-0.15, -0.1) is 0 Å². The molecular formula is C26H40B90F4O3Si2. The maximum absolute atomic E-state index is 13.9. The molecule has 0 unspecified atom stereocenters. The van der Waals surface area contributed by atoms with E-state index in [4.69, 9.17) is 365 Å². The monoisotopic (exact) mass is 1520 g/mol. The van der Waals surface area contributed by atoms with Crippen LogP contribution in [0.1, 0.15) is 59.3 Å². The van der Waals surface area contributed by atoms with Crippen LogP contribution >= 0.6 is 0 Å². The molecule has 0 aliphatic rings. The van der Waals surface area contributed by atoms with E-state index in [-0.39, 0.29) is 40.9 Å². The van der Waals surface area contributed by atoms with E-state index in [1.807, 2.05) is 47.0 Å². The maximum atomic E-state index is 13.9. The highest BCUT2D eigenvalue weighted by molar-refractivity contribution is 8.43. The normalized spacial score (nSPS) is 10.5. The van der Waals surface area contributed by atoms with Crippen molar-refractivity contribution in [3.05, 3.63) is 59.2 Å². The first-order valence-corrected chi connectivity index (χ1v) is 46.5. The molecule has 468 valence electrons. The number of hydrogen-bond donors (Lipinski definition) is 0. The van der Waals surface area contributed by atoms with Crippen LogP contribution in [0.4, 0.5) is 17.6 Å². The SMILES string of the molecule is C.CC(C)(C)[Si](C)(C)Oc1cc(F)cc(C=O)c1F.CC(C)(C)[Si](C)(C)Oc1cc(F)ccc1F.[B]B([B])B(B([B])[B])B(B([B])[B])B(B(B(B([B])[B])B([B])[B])B(B([B])[B])B([B])[B])B(B(B(B(B([B])[B])B([B])[B])B(B([B])[B])B([B])[B])B(B(B([B])[B])B([B])[B])B(B([B])[B])B([B])[B])B(B(B(B([B])[B])B([B])[B])B(B([B])[B])B([B])[B])B(B(B([B])[B])B([B])[B])B(B([B])[B])B([B])[B]. The van der Waals surface area contributed by atoms with Gasteiger partial charge in [-0.05, 0) is 54.5 Å². The lowest BCUT2D eigenvalue weighted by molar-refractivity contribution is 0.111. The fourth-order valence-electron chi connectivity index (χ4n) is 18.3. The van der Waals surface area contributed by atoms with E-state index in [9.17, 15) is 22.4 Å². The molecule has 0 bridgehead atoms. The van der Waals surface area contributed by atoms with Gasteiger partial charge in [-0.25, -0.2) is 17.6 Å². The molecule has 0 spiro atoms. The van der Waals surface area contributed by atoms with Crippen molar-refractivity contribution >= 4 is 660 Å². The highest BCUT2D eigenvalue weighted by Gasteiger charge is 2.68. The number of carbonyl (C=O) groups is 1. The topological polar surface area (TPSA) is 35.5 Å². The second kappa shape index (κ2) is 57.6. The molecule has 0 fully saturated rings. The van der Waals surface area contributed by atoms with Crippen molar-refractivity contribution in [1.82, 2.24) is 0 Å². The Morgan fingerprint density at radius 1 is 0.240 bits per heavy atom. The highest BCUT2D eigenvalue weighted by atomic mass is 28.4. The number of benzene rings is 2. The third-order valence-corrected chi connectivity index (χ3v) is 34.2. The molecular weight excluding hydrogens is 1470 g/mol. The van der Waals surface area contributed by atoms with Gasteiger partial charge in [0.05, 0.1) is 5.56 Å². The first kappa shape index (κ1) is 131. The number of hydrogen-bond acceptors (Lipinski definition) is 3. The Balaban J connectivity index is 0. The quantitative estimate of drug-likeness (QED) is 0.0376. The molecule has 2 aromatic rings. The van der Waals surface area contributed by atoms with Crippen LogP contribution in [0.2, 0.25) is 36.3 Å². The van der Waals surface area contributed by atoms with Gasteiger partial charge in [0.1, 0.15) is 23.1 Å². The Hall–Kier alpha value is 3.71. The fourth-order valence-corrected chi connectivity index (χ4v) is 20.3. The zero-order chi connectivity index (χ0) is 98.1. The van der Waals surface area contributed by atoms with Crippen LogP contribution in [-0.2, 0) is 0 Å². The molecule has 0 saturated heterocycles. The van der Waals surface area contributed by atoms with E-state index in [0.29, 0.717) is 0 Å². The zero-order valence-corrected chi connectivity index (χ0v) is 75.7. The van der Waals surface area contributed by atoms with Crippen LogP contribution in [0.5, 0.6) is 11.5 Å². The van der Waals surface area contributed by atoms with Gasteiger partial charge in [-0.2, -0.15) is 0 Å². The molecule has 0 aliphatic carbocycles. The summed E-state index contributed by atoms with van der Waals surface area (Å²) in [7, 11) is 317. The third kappa shape index (κ3) is 36.6. The third-order valence-electron chi connectivity index (χ3n) is 25.5. The molecule has 0 aliphatic heterocycles. The largest absolute Gasteiger partial charge is 0.541 e. The van der Waals surface area contributed by atoms with Crippen LogP contribution in [0, 0.1) is 23.3 Å². The van der Waals surface area contributed by atoms with Crippen molar-refractivity contribution in [3.63, 3.8) is 0 Å². The lowest BCUT2D eigenvalue weighted by atomic mass is 8.19. The van der Waals surface area contributed by atoms with Gasteiger partial charge in [0.15, 0.2) is 17.9 Å². The van der Waals surface area contributed by atoms with Crippen LogP contribution in [0.15, 0.2) is 30.3 Å². The molecule has 2 aromatic carbocycles. The second-order valence-corrected chi connectivity index (χ2v) is 46.1. The average Bonchev–Trinajstić information content (AvgIpc) is 0.708. The number of rotatable bonds is 48. The summed E-state index contributed by atoms with van der Waals surface area (Å²) >= 11 is 0. The Morgan fingerprint density at radius 2 is 0.392 bits per heavy atom. The summed E-state index contributed by atoms with van der Waals surface area (Å²) in [5, 5.41) is -0.168. The molecule has 0 atom stereocenters. The van der Waals surface area contributed by atoms with E-state index < -0.39 is 321 Å². The maximum Gasteiger partial charge on any atom is 0.250 e. The summed E-state index contributed by atoms with van der Waals surface area (Å²) in [6.07, 6.45) is -78.8. The minimum Gasteiger partial charge on any atom is -0.541 e. The highest BCUT2D eigenvalue weighted by Crippen LogP contribution is 2.40. The van der Waals surface area contributed by atoms with Crippen molar-refractivity contribution in [2.75, 3.05) is 0 Å². The van der Waals surface area contributed by atoms with Gasteiger partial charge in [0.2, 0.25) is 0 Å². The minimum atomic E-state index is -2.26. The standard InChI is InChI=1S/C13H18F2O2Si.C12H18F2OSi.CH4.B90/c1-13(2,3)18(4,5)17-11-7-10(14)6-9(8-16)12(11)15;1-12(2,3)16(4,5)15-11-8-9(13)6-7-10(11)14;;1-47(2)70(48(3)4)81(69(45)46)87(82(71(49(5)6)50(7)8)72(51(9)10)52(11)12)90(88(83(73(53(13)14)54(15)16)74(55(17)18)56(19)20)84(75(57(21)22)58(23)24)76(59(25)26)60(27)28)89(85(77(61(29)30)62(31)32)78(63(33)34)64(35)36)86(79(65(37)38)66(39)40)80(67(41)42)68(43)44/h6-8H,1-5H3;6-8H,1-5H3;1H4;. The molecule has 125 heavy (non-hydrogen) atoms. The number of aldehydes is 1. The van der Waals surface area contributed by atoms with E-state index in [0.717, 1.165) is 30.3 Å². The summed E-state index contributed by atoms with van der Waals surface area (Å²) in [4.78, 5) is 10.6. The second-order valence-electron chi connectivity index (χ2n) is 36.6. The van der Waals surface area contributed by atoms with Crippen molar-refractivity contribution in [3.8, 4) is 11.5 Å². The van der Waals surface area contributed by atoms with Crippen molar-refractivity contribution in [2.45, 2.75) is 85.2 Å². The van der Waals surface area contributed by atoms with E-state index in [1.165, 1.54) is 0 Å². The van der Waals surface area contributed by atoms with Crippen LogP contribution in [0.25, 0.3) is 0 Å². The van der Waals surface area contributed by atoms with E-state index in [2.05, 4.69) is 20.8 Å². The fraction of sp³-hybridized carbons (Fsp3) is 0.500. The van der Waals surface area contributed by atoms with Gasteiger partial charge in [0.25, 0.3) is 16.6 Å². The molecule has 3 nitrogen and oxygen atoms in total. The molecule has 0 aromatic heterocycles. The molecule has 99 heteroatoms. The first-order valence-electron chi connectivity index (χ1n) is 40.7. The van der Waals surface area contributed by atoms with Gasteiger partial charge in [0, 0.05) is 649 Å². The molecule has 92 radical (unpaired) electrons. The van der Waals surface area contributed by atoms with Crippen molar-refractivity contribution in [2.24, 2.45) is 0 Å². The van der Waals surface area contributed by atoms with E-state index >= 15 is 0 Å². The molecule has 2 rings (SSSR count). The first-order chi connectivity index (χ1) is 56.1. The summed E-state index contributed by atoms with van der Waals surface area (Å²) in [6, 6.07) is 5.14. The van der Waals surface area contributed by atoms with Gasteiger partial charge >= 0.3 is 0 Å². The van der Waals surface area contributed by atoms with Gasteiger partial charge < -0.3 is 8.85 Å². The van der Waals surface area contributed by atoms with Gasteiger partial charge in [-0.3, -0.25) is 4.79 Å². The Morgan fingerprint density at radius 3 is 0.560 bits per heavy atom. The smallest absolute Gasteiger partial charge is 0.250 e. The van der Waals surface area contributed by atoms with E-state index in [1.54, 1.807) is 0 Å². The average molecular weight is 1510 g/mol. The van der Waals surface area contributed by atoms with Crippen LogP contribution in [-0.4, -0.2) is 660 Å². The summed E-state index contributed by atoms with van der Waals surface area (Å²) < 4.78 is 64.9. The zero-order valence-electron chi connectivity index (χ0n) is 73.7. The van der Waals surface area contributed by atoms with Crippen LogP contribution in [0.3, 0.4) is 0 Å². The number of halogens is 4. The number of carbonyl (C=O) groups excluding carboxylic acids is 1. The summed E-state index contributed by atoms with van der Waals surface area (Å²) in [5.41, 5.74) is -0.316. The summed E-state index contributed by atoms with van der Waals surface area (Å²) in [5.74, 6) is -2.61. The van der Waals surface area contributed by atoms with Gasteiger partial charge in [-0.1, -0.05) is 49.0 Å². The van der Waals surface area contributed by atoms with Crippen LogP contribution < -0.4 is 8.85 Å². The molecule has 0 heterocycles. The lowest BCUT2D eigenvalue weighted by Crippen LogP contribution is -3.00. The molecule has 0 saturated carbocycles. The lowest BCUT2D eigenvalue weighted by Gasteiger charge is -2.62. The Labute approximate surface area is 838 Å². The summed E-state index contributed by atoms with van der Waals surface area (Å²) in [6.45, 7) is 20.0. The Kier molecular flexibility index (Phi) is 60.2. The predicted molar refractivity (Wildman–Crippen MR) is 658 cm³/mol.